The minimum atomic E-state index is 0.265. The summed E-state index contributed by atoms with van der Waals surface area (Å²) in [6, 6.07) is 4.30. The van der Waals surface area contributed by atoms with Crippen LogP contribution in [0.5, 0.6) is 11.6 Å². The van der Waals surface area contributed by atoms with E-state index in [0.29, 0.717) is 25.0 Å². The number of hydrogen-bond donors (Lipinski definition) is 0. The highest BCUT2D eigenvalue weighted by atomic mass is 16.6. The highest BCUT2D eigenvalue weighted by molar-refractivity contribution is 5.36. The van der Waals surface area contributed by atoms with Crippen LogP contribution in [0.3, 0.4) is 0 Å². The van der Waals surface area contributed by atoms with Crippen LogP contribution in [0, 0.1) is 19.8 Å². The van der Waals surface area contributed by atoms with Crippen LogP contribution in [0.4, 0.5) is 0 Å². The van der Waals surface area contributed by atoms with Gasteiger partial charge in [0, 0.05) is 18.8 Å². The van der Waals surface area contributed by atoms with Crippen LogP contribution in [0.1, 0.15) is 42.2 Å². The predicted molar refractivity (Wildman–Crippen MR) is 98.5 cm³/mol. The first-order valence-electron chi connectivity index (χ1n) is 9.40. The molecular weight excluding hydrogens is 328 g/mol. The maximum Gasteiger partial charge on any atom is 0.257 e. The summed E-state index contributed by atoms with van der Waals surface area (Å²) in [6.45, 7) is 9.58. The fourth-order valence-electron chi connectivity index (χ4n) is 3.84. The molecule has 0 amide bonds. The average Bonchev–Trinajstić information content (AvgIpc) is 3.11. The Kier molecular flexibility index (Phi) is 4.76. The number of likely N-dealkylation sites (tertiary alicyclic amines) is 1. The molecule has 26 heavy (non-hydrogen) atoms. The van der Waals surface area contributed by atoms with E-state index in [-0.39, 0.29) is 6.04 Å². The van der Waals surface area contributed by atoms with Gasteiger partial charge in [-0.2, -0.15) is 0 Å². The van der Waals surface area contributed by atoms with Crippen molar-refractivity contribution in [3.05, 3.63) is 41.1 Å². The molecule has 0 N–H and O–H groups in total. The minimum absolute atomic E-state index is 0.265. The third-order valence-corrected chi connectivity index (χ3v) is 5.37. The van der Waals surface area contributed by atoms with E-state index in [1.54, 1.807) is 0 Å². The topological polar surface area (TPSA) is 60.4 Å². The summed E-state index contributed by atoms with van der Waals surface area (Å²) >= 11 is 0. The second kappa shape index (κ2) is 7.19. The zero-order chi connectivity index (χ0) is 18.1. The summed E-state index contributed by atoms with van der Waals surface area (Å²) in [6.07, 6.45) is 4.05. The first-order chi connectivity index (χ1) is 12.6. The Balaban J connectivity index is 1.41. The Labute approximate surface area is 154 Å². The quantitative estimate of drug-likeness (QED) is 0.841. The molecule has 6 heteroatoms. The van der Waals surface area contributed by atoms with Crippen molar-refractivity contribution < 1.29 is 9.47 Å². The zero-order valence-electron chi connectivity index (χ0n) is 15.7. The second-order valence-corrected chi connectivity index (χ2v) is 7.31. The molecule has 0 spiro atoms. The second-order valence-electron chi connectivity index (χ2n) is 7.31. The highest BCUT2D eigenvalue weighted by Crippen LogP contribution is 2.33. The molecular formula is C20H26N4O2. The van der Waals surface area contributed by atoms with Crippen LogP contribution in [-0.4, -0.2) is 46.2 Å². The van der Waals surface area contributed by atoms with E-state index >= 15 is 0 Å². The largest absolute Gasteiger partial charge is 0.484 e. The van der Waals surface area contributed by atoms with E-state index in [0.717, 1.165) is 48.0 Å². The lowest BCUT2D eigenvalue weighted by Crippen LogP contribution is -2.26. The highest BCUT2D eigenvalue weighted by Gasteiger charge is 2.29. The van der Waals surface area contributed by atoms with Gasteiger partial charge in [-0.15, -0.1) is 0 Å². The number of aromatic nitrogens is 3. The standard InChI is InChI=1S/C20H26N4O2/c1-13-11-21-18(14(2)22-13)10-16-6-7-24(12-16)15(3)17-4-5-19-20(23-17)26-9-8-25-19/h4-5,11,15-16H,6-10,12H2,1-3H3/t15-,16+/m0/s1. The molecule has 6 nitrogen and oxygen atoms in total. The minimum Gasteiger partial charge on any atom is -0.484 e. The Morgan fingerprint density at radius 1 is 1.19 bits per heavy atom. The number of aryl methyl sites for hydroxylation is 2. The summed E-state index contributed by atoms with van der Waals surface area (Å²) in [7, 11) is 0. The van der Waals surface area contributed by atoms with Gasteiger partial charge in [0.05, 0.1) is 22.8 Å². The molecule has 2 aliphatic rings. The van der Waals surface area contributed by atoms with Gasteiger partial charge in [-0.05, 0) is 58.2 Å². The van der Waals surface area contributed by atoms with Gasteiger partial charge in [-0.3, -0.25) is 14.9 Å². The molecule has 1 saturated heterocycles. The van der Waals surface area contributed by atoms with Crippen LogP contribution in [0.2, 0.25) is 0 Å². The number of ether oxygens (including phenoxy) is 2. The van der Waals surface area contributed by atoms with Crippen molar-refractivity contribution >= 4 is 0 Å². The molecule has 0 unspecified atom stereocenters. The Morgan fingerprint density at radius 3 is 2.88 bits per heavy atom. The number of rotatable bonds is 4. The molecule has 2 aromatic rings. The molecule has 0 radical (unpaired) electrons. The van der Waals surface area contributed by atoms with Crippen molar-refractivity contribution in [1.29, 1.82) is 0 Å². The van der Waals surface area contributed by atoms with Gasteiger partial charge in [0.25, 0.3) is 5.88 Å². The summed E-state index contributed by atoms with van der Waals surface area (Å²) in [4.78, 5) is 16.3. The Hall–Kier alpha value is -2.21. The lowest BCUT2D eigenvalue weighted by atomic mass is 10.0. The molecule has 2 aliphatic heterocycles. The molecule has 0 aromatic carbocycles. The smallest absolute Gasteiger partial charge is 0.257 e. The van der Waals surface area contributed by atoms with E-state index in [1.807, 2.05) is 19.2 Å². The molecule has 2 atom stereocenters. The van der Waals surface area contributed by atoms with Crippen LogP contribution in [-0.2, 0) is 6.42 Å². The third-order valence-electron chi connectivity index (χ3n) is 5.37. The molecule has 0 aliphatic carbocycles. The van der Waals surface area contributed by atoms with Crippen molar-refractivity contribution in [3.63, 3.8) is 0 Å². The molecule has 0 bridgehead atoms. The van der Waals surface area contributed by atoms with Crippen molar-refractivity contribution in [1.82, 2.24) is 19.9 Å². The van der Waals surface area contributed by atoms with E-state index in [9.17, 15) is 0 Å². The fourth-order valence-corrected chi connectivity index (χ4v) is 3.84. The number of nitrogens with zero attached hydrogens (tertiary/aromatic N) is 4. The van der Waals surface area contributed by atoms with Gasteiger partial charge in [-0.25, -0.2) is 4.98 Å². The van der Waals surface area contributed by atoms with Gasteiger partial charge >= 0.3 is 0 Å². The van der Waals surface area contributed by atoms with Crippen molar-refractivity contribution in [2.45, 2.75) is 39.7 Å². The van der Waals surface area contributed by atoms with Crippen LogP contribution in [0.25, 0.3) is 0 Å². The predicted octanol–water partition coefficient (Wildman–Crippen LogP) is 2.89. The average molecular weight is 354 g/mol. The SMILES string of the molecule is Cc1cnc(C[C@H]2CCN([C@@H](C)c3ccc4c(n3)OCCO4)C2)c(C)n1. The number of hydrogen-bond acceptors (Lipinski definition) is 6. The van der Waals surface area contributed by atoms with Crippen molar-refractivity contribution in [3.8, 4) is 11.6 Å². The maximum absolute atomic E-state index is 5.63. The summed E-state index contributed by atoms with van der Waals surface area (Å²) in [5.74, 6) is 1.99. The molecule has 0 saturated carbocycles. The Bertz CT molecular complexity index is 795. The lowest BCUT2D eigenvalue weighted by Gasteiger charge is -2.25. The zero-order valence-corrected chi connectivity index (χ0v) is 15.7. The van der Waals surface area contributed by atoms with E-state index in [2.05, 4.69) is 39.8 Å². The normalized spacial score (nSPS) is 21.0. The molecule has 2 aromatic heterocycles. The monoisotopic (exact) mass is 354 g/mol. The third kappa shape index (κ3) is 3.51. The lowest BCUT2D eigenvalue weighted by molar-refractivity contribution is 0.162. The van der Waals surface area contributed by atoms with Gasteiger partial charge < -0.3 is 9.47 Å². The summed E-state index contributed by atoms with van der Waals surface area (Å²) in [5, 5.41) is 0. The number of fused-ring (bicyclic) bond motifs is 1. The van der Waals surface area contributed by atoms with Crippen molar-refractivity contribution in [2.24, 2.45) is 5.92 Å². The van der Waals surface area contributed by atoms with Gasteiger partial charge in [0.1, 0.15) is 13.2 Å². The first-order valence-corrected chi connectivity index (χ1v) is 9.40. The van der Waals surface area contributed by atoms with Gasteiger partial charge in [0.2, 0.25) is 0 Å². The van der Waals surface area contributed by atoms with Gasteiger partial charge in [-0.1, -0.05) is 0 Å². The molecule has 4 heterocycles. The van der Waals surface area contributed by atoms with E-state index < -0.39 is 0 Å². The number of pyridine rings is 1. The molecule has 138 valence electrons. The van der Waals surface area contributed by atoms with Crippen LogP contribution >= 0.6 is 0 Å². The van der Waals surface area contributed by atoms with Gasteiger partial charge in [0.15, 0.2) is 5.75 Å². The van der Waals surface area contributed by atoms with Crippen molar-refractivity contribution in [2.75, 3.05) is 26.3 Å². The molecule has 1 fully saturated rings. The molecule has 4 rings (SSSR count). The van der Waals surface area contributed by atoms with E-state index in [4.69, 9.17) is 9.47 Å². The summed E-state index contributed by atoms with van der Waals surface area (Å²) < 4.78 is 11.2. The maximum atomic E-state index is 5.63. The Morgan fingerprint density at radius 2 is 2.04 bits per heavy atom. The first kappa shape index (κ1) is 17.2. The van der Waals surface area contributed by atoms with E-state index in [1.165, 1.54) is 6.42 Å². The fraction of sp³-hybridized carbons (Fsp3) is 0.550. The summed E-state index contributed by atoms with van der Waals surface area (Å²) in [5.41, 5.74) is 4.22. The van der Waals surface area contributed by atoms with Crippen LogP contribution in [0.15, 0.2) is 18.3 Å². The van der Waals surface area contributed by atoms with Crippen LogP contribution < -0.4 is 9.47 Å².